The number of furan rings is 1. The van der Waals surface area contributed by atoms with Gasteiger partial charge in [0.15, 0.2) is 0 Å². The summed E-state index contributed by atoms with van der Waals surface area (Å²) < 4.78 is 6.00. The van der Waals surface area contributed by atoms with Crippen molar-refractivity contribution in [3.63, 3.8) is 0 Å². The first-order valence-corrected chi connectivity index (χ1v) is 8.55. The third-order valence-corrected chi connectivity index (χ3v) is 4.96. The van der Waals surface area contributed by atoms with Gasteiger partial charge in [-0.1, -0.05) is 63.6 Å². The molecule has 1 aromatic carbocycles. The zero-order valence-electron chi connectivity index (χ0n) is 13.1. The Hall–Kier alpha value is -1.28. The first-order valence-electron chi connectivity index (χ1n) is 8.55. The van der Waals surface area contributed by atoms with Gasteiger partial charge in [0.2, 0.25) is 0 Å². The summed E-state index contributed by atoms with van der Waals surface area (Å²) in [5.41, 5.74) is 8.85. The van der Waals surface area contributed by atoms with Crippen LogP contribution in [0.15, 0.2) is 28.7 Å². The summed E-state index contributed by atoms with van der Waals surface area (Å²) in [5, 5.41) is 1.22. The first-order chi connectivity index (χ1) is 10.3. The SMILES string of the molecule is CCc1oc2ccccc2c1C(N)CC1CCCCCC1. The van der Waals surface area contributed by atoms with E-state index in [1.807, 2.05) is 6.07 Å². The molecule has 1 aliphatic rings. The Kier molecular flexibility index (Phi) is 4.64. The van der Waals surface area contributed by atoms with Crippen molar-refractivity contribution in [1.82, 2.24) is 0 Å². The molecule has 1 atom stereocenters. The van der Waals surface area contributed by atoms with E-state index in [0.717, 1.165) is 30.1 Å². The molecule has 2 aromatic rings. The number of fused-ring (bicyclic) bond motifs is 1. The van der Waals surface area contributed by atoms with Crippen LogP contribution < -0.4 is 5.73 Å². The van der Waals surface area contributed by atoms with Gasteiger partial charge in [0.05, 0.1) is 0 Å². The van der Waals surface area contributed by atoms with Gasteiger partial charge in [-0.05, 0) is 18.4 Å². The third kappa shape index (κ3) is 3.16. The molecule has 2 N–H and O–H groups in total. The summed E-state index contributed by atoms with van der Waals surface area (Å²) in [6, 6.07) is 8.44. The fourth-order valence-electron chi connectivity index (χ4n) is 3.86. The molecule has 0 bridgehead atoms. The van der Waals surface area contributed by atoms with Gasteiger partial charge in [-0.3, -0.25) is 0 Å². The molecule has 0 radical (unpaired) electrons. The van der Waals surface area contributed by atoms with E-state index in [4.69, 9.17) is 10.2 Å². The number of benzene rings is 1. The van der Waals surface area contributed by atoms with E-state index < -0.39 is 0 Å². The maximum Gasteiger partial charge on any atom is 0.134 e. The molecule has 2 nitrogen and oxygen atoms in total. The monoisotopic (exact) mass is 285 g/mol. The summed E-state index contributed by atoms with van der Waals surface area (Å²) in [6.45, 7) is 2.15. The van der Waals surface area contributed by atoms with Crippen LogP contribution >= 0.6 is 0 Å². The van der Waals surface area contributed by atoms with Crippen LogP contribution in [0, 0.1) is 5.92 Å². The second kappa shape index (κ2) is 6.65. The largest absolute Gasteiger partial charge is 0.461 e. The summed E-state index contributed by atoms with van der Waals surface area (Å²) in [7, 11) is 0. The molecule has 114 valence electrons. The molecule has 0 aliphatic heterocycles. The lowest BCUT2D eigenvalue weighted by molar-refractivity contribution is 0.390. The molecule has 2 heteroatoms. The van der Waals surface area contributed by atoms with Gasteiger partial charge in [-0.15, -0.1) is 0 Å². The number of hydrogen-bond donors (Lipinski definition) is 1. The Morgan fingerprint density at radius 1 is 1.14 bits per heavy atom. The van der Waals surface area contributed by atoms with Gasteiger partial charge in [0, 0.05) is 23.4 Å². The molecule has 1 fully saturated rings. The Morgan fingerprint density at radius 2 is 1.86 bits per heavy atom. The summed E-state index contributed by atoms with van der Waals surface area (Å²) in [4.78, 5) is 0. The van der Waals surface area contributed by atoms with Crippen molar-refractivity contribution in [3.05, 3.63) is 35.6 Å². The molecule has 0 saturated heterocycles. The Balaban J connectivity index is 1.84. The van der Waals surface area contributed by atoms with Gasteiger partial charge in [0.1, 0.15) is 11.3 Å². The van der Waals surface area contributed by atoms with Gasteiger partial charge in [-0.25, -0.2) is 0 Å². The van der Waals surface area contributed by atoms with Crippen LogP contribution in [0.2, 0.25) is 0 Å². The van der Waals surface area contributed by atoms with Crippen LogP contribution in [0.3, 0.4) is 0 Å². The molecule has 1 heterocycles. The first kappa shape index (κ1) is 14.6. The van der Waals surface area contributed by atoms with E-state index in [2.05, 4.69) is 25.1 Å². The van der Waals surface area contributed by atoms with Gasteiger partial charge in [0.25, 0.3) is 0 Å². The van der Waals surface area contributed by atoms with Gasteiger partial charge in [-0.2, -0.15) is 0 Å². The van der Waals surface area contributed by atoms with Crippen molar-refractivity contribution in [2.24, 2.45) is 11.7 Å². The summed E-state index contributed by atoms with van der Waals surface area (Å²) in [6.07, 6.45) is 10.3. The molecule has 1 unspecified atom stereocenters. The van der Waals surface area contributed by atoms with Crippen LogP contribution in [0.25, 0.3) is 11.0 Å². The van der Waals surface area contributed by atoms with Crippen molar-refractivity contribution in [2.75, 3.05) is 0 Å². The normalized spacial score (nSPS) is 18.8. The van der Waals surface area contributed by atoms with E-state index in [1.54, 1.807) is 0 Å². The highest BCUT2D eigenvalue weighted by atomic mass is 16.3. The maximum atomic E-state index is 6.60. The van der Waals surface area contributed by atoms with Crippen molar-refractivity contribution in [3.8, 4) is 0 Å². The lowest BCUT2D eigenvalue weighted by Gasteiger charge is -2.19. The van der Waals surface area contributed by atoms with Gasteiger partial charge < -0.3 is 10.2 Å². The predicted molar refractivity (Wildman–Crippen MR) is 88.3 cm³/mol. The van der Waals surface area contributed by atoms with E-state index in [9.17, 15) is 0 Å². The smallest absolute Gasteiger partial charge is 0.134 e. The highest BCUT2D eigenvalue weighted by Crippen LogP contribution is 2.36. The van der Waals surface area contributed by atoms with E-state index in [-0.39, 0.29) is 6.04 Å². The zero-order chi connectivity index (χ0) is 14.7. The minimum absolute atomic E-state index is 0.117. The Bertz CT molecular complexity index is 578. The van der Waals surface area contributed by atoms with Crippen LogP contribution in [-0.4, -0.2) is 0 Å². The Morgan fingerprint density at radius 3 is 2.57 bits per heavy atom. The highest BCUT2D eigenvalue weighted by molar-refractivity contribution is 5.82. The fourth-order valence-corrected chi connectivity index (χ4v) is 3.86. The van der Waals surface area contributed by atoms with Crippen LogP contribution in [0.1, 0.15) is 69.2 Å². The number of rotatable bonds is 4. The van der Waals surface area contributed by atoms with Crippen molar-refractivity contribution >= 4 is 11.0 Å². The van der Waals surface area contributed by atoms with Crippen molar-refractivity contribution in [1.29, 1.82) is 0 Å². The maximum absolute atomic E-state index is 6.60. The standard InChI is InChI=1S/C19H27NO/c1-2-17-19(15-11-7-8-12-18(15)21-17)16(20)13-14-9-5-3-4-6-10-14/h7-8,11-12,14,16H,2-6,9-10,13,20H2,1H3. The van der Waals surface area contributed by atoms with Crippen molar-refractivity contribution < 1.29 is 4.42 Å². The topological polar surface area (TPSA) is 39.2 Å². The molecule has 1 saturated carbocycles. The molecule has 21 heavy (non-hydrogen) atoms. The lowest BCUT2D eigenvalue weighted by atomic mass is 9.88. The average Bonchev–Trinajstić information content (AvgIpc) is 2.69. The summed E-state index contributed by atoms with van der Waals surface area (Å²) in [5.74, 6) is 1.87. The average molecular weight is 285 g/mol. The van der Waals surface area contributed by atoms with Crippen LogP contribution in [0.4, 0.5) is 0 Å². The zero-order valence-corrected chi connectivity index (χ0v) is 13.1. The van der Waals surface area contributed by atoms with Crippen LogP contribution in [-0.2, 0) is 6.42 Å². The number of para-hydroxylation sites is 1. The minimum Gasteiger partial charge on any atom is -0.461 e. The predicted octanol–water partition coefficient (Wildman–Crippen LogP) is 5.36. The van der Waals surface area contributed by atoms with E-state index >= 15 is 0 Å². The Labute approximate surface area is 127 Å². The number of nitrogens with two attached hydrogens (primary N) is 1. The molecule has 3 rings (SSSR count). The highest BCUT2D eigenvalue weighted by Gasteiger charge is 2.22. The number of hydrogen-bond acceptors (Lipinski definition) is 2. The van der Waals surface area contributed by atoms with E-state index in [1.165, 1.54) is 49.5 Å². The lowest BCUT2D eigenvalue weighted by Crippen LogP contribution is -2.16. The molecule has 1 aliphatic carbocycles. The molecular formula is C19H27NO. The summed E-state index contributed by atoms with van der Waals surface area (Å²) >= 11 is 0. The van der Waals surface area contributed by atoms with Crippen molar-refractivity contribution in [2.45, 2.75) is 64.3 Å². The number of aryl methyl sites for hydroxylation is 1. The minimum atomic E-state index is 0.117. The second-order valence-corrected chi connectivity index (χ2v) is 6.49. The third-order valence-electron chi connectivity index (χ3n) is 4.96. The second-order valence-electron chi connectivity index (χ2n) is 6.49. The molecule has 0 spiro atoms. The van der Waals surface area contributed by atoms with Gasteiger partial charge >= 0.3 is 0 Å². The fraction of sp³-hybridized carbons (Fsp3) is 0.579. The molecule has 0 amide bonds. The molecule has 1 aromatic heterocycles. The quantitative estimate of drug-likeness (QED) is 0.768. The molecular weight excluding hydrogens is 258 g/mol. The van der Waals surface area contributed by atoms with Crippen LogP contribution in [0.5, 0.6) is 0 Å². The van der Waals surface area contributed by atoms with E-state index in [0.29, 0.717) is 0 Å².